The third kappa shape index (κ3) is 3.92. The normalized spacial score (nSPS) is 12.5. The molecule has 0 radical (unpaired) electrons. The summed E-state index contributed by atoms with van der Waals surface area (Å²) in [5.74, 6) is 0.893. The van der Waals surface area contributed by atoms with Gasteiger partial charge in [0.2, 0.25) is 0 Å². The molecule has 1 heterocycles. The summed E-state index contributed by atoms with van der Waals surface area (Å²) < 4.78 is 6.35. The Kier molecular flexibility index (Phi) is 4.19. The first kappa shape index (κ1) is 17.3. The van der Waals surface area contributed by atoms with Crippen LogP contribution >= 0.6 is 0 Å². The van der Waals surface area contributed by atoms with Crippen LogP contribution in [-0.4, -0.2) is 26.1 Å². The summed E-state index contributed by atoms with van der Waals surface area (Å²) in [6.07, 6.45) is 0.889. The number of rotatable bonds is 4. The second-order valence-electron chi connectivity index (χ2n) is 8.28. The third-order valence-corrected chi connectivity index (χ3v) is 3.94. The number of ether oxygens (including phenoxy) is 1. The number of hydrogen-bond donors (Lipinski definition) is 2. The van der Waals surface area contributed by atoms with Gasteiger partial charge in [-0.15, -0.1) is 0 Å². The zero-order valence-corrected chi connectivity index (χ0v) is 15.4. The lowest BCUT2D eigenvalue weighted by molar-refractivity contribution is 0.0636. The number of fused-ring (bicyclic) bond motifs is 1. The molecule has 0 saturated carbocycles. The predicted octanol–water partition coefficient (Wildman–Crippen LogP) is 4.92. The molecule has 0 bridgehead atoms. The predicted molar refractivity (Wildman–Crippen MR) is 99.8 cm³/mol. The van der Waals surface area contributed by atoms with Crippen molar-refractivity contribution < 1.29 is 9.84 Å². The maximum Gasteiger partial charge on any atom is 0.154 e. The Morgan fingerprint density at radius 1 is 1.04 bits per heavy atom. The molecule has 0 aliphatic carbocycles. The summed E-state index contributed by atoms with van der Waals surface area (Å²) in [7, 11) is 0. The van der Waals surface area contributed by atoms with Gasteiger partial charge in [0.05, 0.1) is 0 Å². The maximum atomic E-state index is 10.2. The minimum atomic E-state index is -0.360. The lowest BCUT2D eigenvalue weighted by Gasteiger charge is -2.33. The number of aromatic amines is 1. The van der Waals surface area contributed by atoms with E-state index in [2.05, 4.69) is 50.0 Å². The standard InChI is InChI=1S/C20H25N3O2/c1-19(2,3)12-20(4,5)25-17-11-13(10-15-18(17)22-23-21-15)14-8-6-7-9-16(14)24/h6-11,24H,12H2,1-5H3,(H,21,22,23). The van der Waals surface area contributed by atoms with Crippen LogP contribution in [0.15, 0.2) is 36.4 Å². The number of H-pyrrole nitrogens is 1. The Morgan fingerprint density at radius 2 is 1.76 bits per heavy atom. The van der Waals surface area contributed by atoms with Gasteiger partial charge in [0, 0.05) is 5.56 Å². The molecule has 0 saturated heterocycles. The molecule has 2 N–H and O–H groups in total. The topological polar surface area (TPSA) is 71.0 Å². The molecule has 3 aromatic rings. The maximum absolute atomic E-state index is 10.2. The fourth-order valence-electron chi connectivity index (χ4n) is 3.48. The Balaban J connectivity index is 2.06. The van der Waals surface area contributed by atoms with Crippen LogP contribution in [0.4, 0.5) is 0 Å². The first-order valence-electron chi connectivity index (χ1n) is 8.47. The second-order valence-corrected chi connectivity index (χ2v) is 8.28. The van der Waals surface area contributed by atoms with E-state index in [-0.39, 0.29) is 16.8 Å². The highest BCUT2D eigenvalue weighted by atomic mass is 16.5. The fourth-order valence-corrected chi connectivity index (χ4v) is 3.48. The van der Waals surface area contributed by atoms with Gasteiger partial charge in [0.15, 0.2) is 11.3 Å². The van der Waals surface area contributed by atoms with Crippen LogP contribution in [0.5, 0.6) is 11.5 Å². The third-order valence-electron chi connectivity index (χ3n) is 3.94. The minimum absolute atomic E-state index is 0.141. The molecule has 132 valence electrons. The highest BCUT2D eigenvalue weighted by molar-refractivity contribution is 5.87. The van der Waals surface area contributed by atoms with E-state index in [1.807, 2.05) is 24.3 Å². The van der Waals surface area contributed by atoms with Crippen LogP contribution < -0.4 is 4.74 Å². The number of aromatic hydroxyl groups is 1. The first-order chi connectivity index (χ1) is 11.6. The summed E-state index contributed by atoms with van der Waals surface area (Å²) in [5, 5.41) is 21.3. The van der Waals surface area contributed by atoms with Gasteiger partial charge >= 0.3 is 0 Å². The first-order valence-corrected chi connectivity index (χ1v) is 8.47. The molecule has 0 unspecified atom stereocenters. The summed E-state index contributed by atoms with van der Waals surface area (Å²) in [5.41, 5.74) is 2.78. The molecule has 5 heteroatoms. The molecule has 2 aromatic carbocycles. The van der Waals surface area contributed by atoms with Crippen molar-refractivity contribution in [3.8, 4) is 22.6 Å². The van der Waals surface area contributed by atoms with Crippen LogP contribution in [-0.2, 0) is 0 Å². The van der Waals surface area contributed by atoms with Crippen LogP contribution in [0.1, 0.15) is 41.0 Å². The van der Waals surface area contributed by atoms with E-state index < -0.39 is 0 Å². The van der Waals surface area contributed by atoms with Crippen molar-refractivity contribution in [1.29, 1.82) is 0 Å². The van der Waals surface area contributed by atoms with Crippen LogP contribution in [0.3, 0.4) is 0 Å². The molecule has 25 heavy (non-hydrogen) atoms. The highest BCUT2D eigenvalue weighted by Gasteiger charge is 2.28. The number of hydrogen-bond acceptors (Lipinski definition) is 4. The summed E-state index contributed by atoms with van der Waals surface area (Å²) in [6.45, 7) is 10.8. The number of phenols is 1. The fraction of sp³-hybridized carbons (Fsp3) is 0.400. The number of nitrogens with one attached hydrogen (secondary N) is 1. The molecule has 0 fully saturated rings. The number of benzene rings is 2. The van der Waals surface area contributed by atoms with Crippen LogP contribution in [0, 0.1) is 5.41 Å². The molecule has 0 atom stereocenters. The monoisotopic (exact) mass is 339 g/mol. The Hall–Kier alpha value is -2.56. The van der Waals surface area contributed by atoms with E-state index in [1.54, 1.807) is 12.1 Å². The summed E-state index contributed by atoms with van der Waals surface area (Å²) >= 11 is 0. The molecule has 0 amide bonds. The smallest absolute Gasteiger partial charge is 0.154 e. The van der Waals surface area contributed by atoms with E-state index in [0.717, 1.165) is 17.5 Å². The lowest BCUT2D eigenvalue weighted by atomic mass is 9.83. The minimum Gasteiger partial charge on any atom is -0.507 e. The second kappa shape index (κ2) is 6.06. The van der Waals surface area contributed by atoms with Gasteiger partial charge in [-0.05, 0) is 49.4 Å². The molecular weight excluding hydrogens is 314 g/mol. The molecule has 0 spiro atoms. The molecule has 5 nitrogen and oxygen atoms in total. The van der Waals surface area contributed by atoms with Crippen molar-refractivity contribution in [2.75, 3.05) is 0 Å². The van der Waals surface area contributed by atoms with E-state index in [4.69, 9.17) is 4.74 Å². The molecule has 1 aromatic heterocycles. The van der Waals surface area contributed by atoms with Crippen molar-refractivity contribution in [2.24, 2.45) is 5.41 Å². The van der Waals surface area contributed by atoms with E-state index in [0.29, 0.717) is 16.8 Å². The zero-order valence-electron chi connectivity index (χ0n) is 15.4. The van der Waals surface area contributed by atoms with Gasteiger partial charge in [0.1, 0.15) is 16.9 Å². The Labute approximate surface area is 148 Å². The number of para-hydroxylation sites is 1. The Bertz CT molecular complexity index is 891. The molecule has 0 aliphatic heterocycles. The van der Waals surface area contributed by atoms with E-state index in [9.17, 15) is 5.11 Å². The van der Waals surface area contributed by atoms with Crippen molar-refractivity contribution in [3.63, 3.8) is 0 Å². The SMILES string of the molecule is CC(C)(C)CC(C)(C)Oc1cc(-c2ccccc2O)cc2n[nH]nc12. The molecular formula is C20H25N3O2. The average molecular weight is 339 g/mol. The lowest BCUT2D eigenvalue weighted by Crippen LogP contribution is -2.33. The van der Waals surface area contributed by atoms with Crippen LogP contribution in [0.2, 0.25) is 0 Å². The molecule has 3 rings (SSSR count). The molecule has 0 aliphatic rings. The van der Waals surface area contributed by atoms with E-state index >= 15 is 0 Å². The van der Waals surface area contributed by atoms with Crippen molar-refractivity contribution in [2.45, 2.75) is 46.6 Å². The van der Waals surface area contributed by atoms with E-state index in [1.165, 1.54) is 0 Å². The van der Waals surface area contributed by atoms with Gasteiger partial charge in [-0.1, -0.05) is 39.0 Å². The quantitative estimate of drug-likeness (QED) is 0.707. The number of phenolic OH excluding ortho intramolecular Hbond substituents is 1. The zero-order chi connectivity index (χ0) is 18.2. The largest absolute Gasteiger partial charge is 0.507 e. The van der Waals surface area contributed by atoms with Crippen molar-refractivity contribution >= 4 is 11.0 Å². The highest BCUT2D eigenvalue weighted by Crippen LogP contribution is 2.37. The van der Waals surface area contributed by atoms with Gasteiger partial charge < -0.3 is 9.84 Å². The van der Waals surface area contributed by atoms with Gasteiger partial charge in [-0.2, -0.15) is 15.4 Å². The van der Waals surface area contributed by atoms with Crippen molar-refractivity contribution in [3.05, 3.63) is 36.4 Å². The average Bonchev–Trinajstić information content (AvgIpc) is 2.93. The Morgan fingerprint density at radius 3 is 2.44 bits per heavy atom. The van der Waals surface area contributed by atoms with Gasteiger partial charge in [-0.25, -0.2) is 0 Å². The summed E-state index contributed by atoms with van der Waals surface area (Å²) in [4.78, 5) is 0. The van der Waals surface area contributed by atoms with Gasteiger partial charge in [-0.3, -0.25) is 0 Å². The number of aromatic nitrogens is 3. The van der Waals surface area contributed by atoms with Crippen LogP contribution in [0.25, 0.3) is 22.2 Å². The number of nitrogens with zero attached hydrogens (tertiary/aromatic N) is 2. The van der Waals surface area contributed by atoms with Crippen molar-refractivity contribution in [1.82, 2.24) is 15.4 Å². The summed E-state index contributed by atoms with van der Waals surface area (Å²) in [6, 6.07) is 11.1. The van der Waals surface area contributed by atoms with Gasteiger partial charge in [0.25, 0.3) is 0 Å².